The van der Waals surface area contributed by atoms with E-state index in [-0.39, 0.29) is 0 Å². The lowest BCUT2D eigenvalue weighted by molar-refractivity contribution is 0.323. The molecule has 0 aromatic carbocycles. The molecular formula is C17H29N3S. The van der Waals surface area contributed by atoms with Gasteiger partial charge in [0.1, 0.15) is 0 Å². The molecule has 3 rings (SSSR count). The number of hydrogen-bond acceptors (Lipinski definition) is 4. The second-order valence-electron chi connectivity index (χ2n) is 6.96. The van der Waals surface area contributed by atoms with E-state index < -0.39 is 0 Å². The summed E-state index contributed by atoms with van der Waals surface area (Å²) in [6.07, 6.45) is 6.33. The van der Waals surface area contributed by atoms with E-state index in [0.717, 1.165) is 30.8 Å². The number of anilines is 1. The molecule has 4 heteroatoms. The fourth-order valence-corrected chi connectivity index (χ4v) is 4.13. The van der Waals surface area contributed by atoms with Crippen LogP contribution in [0.4, 0.5) is 5.13 Å². The van der Waals surface area contributed by atoms with Gasteiger partial charge in [0.2, 0.25) is 0 Å². The van der Waals surface area contributed by atoms with Crippen LogP contribution in [0.5, 0.6) is 0 Å². The second kappa shape index (κ2) is 6.66. The standard InChI is InChI=1S/C17H29N3S/c1-4-5-15-16(10-18-14-6-7-14)21-17(19-15)20-9-8-12(2)13(3)11-20/h12-14,18H,4-11H2,1-3H3. The highest BCUT2D eigenvalue weighted by Crippen LogP contribution is 2.32. The SMILES string of the molecule is CCCc1nc(N2CCC(C)C(C)C2)sc1CNC1CC1. The first-order chi connectivity index (χ1) is 10.2. The predicted octanol–water partition coefficient (Wildman–Crippen LogP) is 3.83. The molecule has 1 saturated heterocycles. The summed E-state index contributed by atoms with van der Waals surface area (Å²) in [5, 5.41) is 4.92. The lowest BCUT2D eigenvalue weighted by Gasteiger charge is -2.35. The highest BCUT2D eigenvalue weighted by molar-refractivity contribution is 7.15. The van der Waals surface area contributed by atoms with Crippen molar-refractivity contribution in [1.82, 2.24) is 10.3 Å². The first-order valence-corrected chi connectivity index (χ1v) is 9.46. The van der Waals surface area contributed by atoms with E-state index in [4.69, 9.17) is 4.98 Å². The molecule has 0 amide bonds. The molecule has 2 aliphatic rings. The van der Waals surface area contributed by atoms with Crippen molar-refractivity contribution in [1.29, 1.82) is 0 Å². The third-order valence-corrected chi connectivity index (χ3v) is 6.15. The van der Waals surface area contributed by atoms with E-state index >= 15 is 0 Å². The monoisotopic (exact) mass is 307 g/mol. The summed E-state index contributed by atoms with van der Waals surface area (Å²) in [6.45, 7) is 10.4. The fourth-order valence-electron chi connectivity index (χ4n) is 3.04. The van der Waals surface area contributed by atoms with E-state index in [9.17, 15) is 0 Å². The lowest BCUT2D eigenvalue weighted by Crippen LogP contribution is -2.38. The van der Waals surface area contributed by atoms with Crippen molar-refractivity contribution < 1.29 is 0 Å². The maximum atomic E-state index is 4.99. The number of piperidine rings is 1. The zero-order chi connectivity index (χ0) is 14.8. The summed E-state index contributed by atoms with van der Waals surface area (Å²) < 4.78 is 0. The van der Waals surface area contributed by atoms with Crippen LogP contribution in [0.15, 0.2) is 0 Å². The Morgan fingerprint density at radius 2 is 2.05 bits per heavy atom. The maximum absolute atomic E-state index is 4.99. The van der Waals surface area contributed by atoms with Gasteiger partial charge < -0.3 is 10.2 Å². The summed E-state index contributed by atoms with van der Waals surface area (Å²) in [7, 11) is 0. The number of rotatable bonds is 6. The van der Waals surface area contributed by atoms with Gasteiger partial charge in [0.05, 0.1) is 5.69 Å². The average Bonchev–Trinajstić information content (AvgIpc) is 3.21. The first kappa shape index (κ1) is 15.3. The third kappa shape index (κ3) is 3.78. The van der Waals surface area contributed by atoms with Crippen LogP contribution >= 0.6 is 11.3 Å². The van der Waals surface area contributed by atoms with Gasteiger partial charge in [-0.2, -0.15) is 0 Å². The highest BCUT2D eigenvalue weighted by atomic mass is 32.1. The van der Waals surface area contributed by atoms with Gasteiger partial charge in [-0.15, -0.1) is 11.3 Å². The van der Waals surface area contributed by atoms with E-state index in [2.05, 4.69) is 31.0 Å². The van der Waals surface area contributed by atoms with Crippen LogP contribution in [0.1, 0.15) is 57.0 Å². The van der Waals surface area contributed by atoms with Crippen LogP contribution < -0.4 is 10.2 Å². The molecule has 2 unspecified atom stereocenters. The molecule has 3 nitrogen and oxygen atoms in total. The zero-order valence-electron chi connectivity index (χ0n) is 13.7. The minimum atomic E-state index is 0.779. The summed E-state index contributed by atoms with van der Waals surface area (Å²) in [5.74, 6) is 1.64. The molecule has 2 fully saturated rings. The molecule has 1 N–H and O–H groups in total. The molecule has 0 radical (unpaired) electrons. The summed E-state index contributed by atoms with van der Waals surface area (Å²) >= 11 is 1.93. The molecule has 2 heterocycles. The van der Waals surface area contributed by atoms with Crippen molar-refractivity contribution in [2.75, 3.05) is 18.0 Å². The fraction of sp³-hybridized carbons (Fsp3) is 0.824. The number of aryl methyl sites for hydroxylation is 1. The number of thiazole rings is 1. The Morgan fingerprint density at radius 1 is 1.24 bits per heavy atom. The van der Waals surface area contributed by atoms with Gasteiger partial charge in [0.15, 0.2) is 5.13 Å². The summed E-state index contributed by atoms with van der Waals surface area (Å²) in [4.78, 5) is 8.99. The van der Waals surface area contributed by atoms with Gasteiger partial charge in [-0.3, -0.25) is 0 Å². The van der Waals surface area contributed by atoms with Crippen molar-refractivity contribution in [2.45, 2.75) is 65.5 Å². The van der Waals surface area contributed by atoms with Crippen LogP contribution in [0, 0.1) is 11.8 Å². The Balaban J connectivity index is 1.70. The minimum Gasteiger partial charge on any atom is -0.348 e. The average molecular weight is 308 g/mol. The van der Waals surface area contributed by atoms with Crippen LogP contribution in [-0.2, 0) is 13.0 Å². The predicted molar refractivity (Wildman–Crippen MR) is 91.1 cm³/mol. The number of nitrogens with one attached hydrogen (secondary N) is 1. The quantitative estimate of drug-likeness (QED) is 0.866. The lowest BCUT2D eigenvalue weighted by atomic mass is 9.89. The van der Waals surface area contributed by atoms with Crippen molar-refractivity contribution in [3.05, 3.63) is 10.6 Å². The van der Waals surface area contributed by atoms with E-state index in [1.165, 1.54) is 54.5 Å². The van der Waals surface area contributed by atoms with Gasteiger partial charge in [0, 0.05) is 30.6 Å². The Hall–Kier alpha value is -0.610. The van der Waals surface area contributed by atoms with E-state index in [1.54, 1.807) is 0 Å². The molecule has 1 aromatic heterocycles. The molecule has 118 valence electrons. The highest BCUT2D eigenvalue weighted by Gasteiger charge is 2.26. The smallest absolute Gasteiger partial charge is 0.185 e. The normalized spacial score (nSPS) is 26.3. The zero-order valence-corrected chi connectivity index (χ0v) is 14.5. The molecule has 1 aliphatic carbocycles. The molecule has 21 heavy (non-hydrogen) atoms. The van der Waals surface area contributed by atoms with Crippen LogP contribution in [-0.4, -0.2) is 24.1 Å². The Kier molecular flexibility index (Phi) is 4.85. The number of nitrogens with zero attached hydrogens (tertiary/aromatic N) is 2. The van der Waals surface area contributed by atoms with Crippen LogP contribution in [0.25, 0.3) is 0 Å². The van der Waals surface area contributed by atoms with Gasteiger partial charge in [-0.25, -0.2) is 4.98 Å². The second-order valence-corrected chi connectivity index (χ2v) is 8.02. The Labute approximate surface area is 133 Å². The van der Waals surface area contributed by atoms with Gasteiger partial charge >= 0.3 is 0 Å². The molecule has 0 bridgehead atoms. The van der Waals surface area contributed by atoms with E-state index in [0.29, 0.717) is 0 Å². The van der Waals surface area contributed by atoms with Crippen molar-refractivity contribution >= 4 is 16.5 Å². The first-order valence-electron chi connectivity index (χ1n) is 8.64. The molecule has 1 saturated carbocycles. The topological polar surface area (TPSA) is 28.2 Å². The Bertz CT molecular complexity index is 467. The molecule has 0 spiro atoms. The van der Waals surface area contributed by atoms with Gasteiger partial charge in [0.25, 0.3) is 0 Å². The minimum absolute atomic E-state index is 0.779. The molecule has 1 aromatic rings. The summed E-state index contributed by atoms with van der Waals surface area (Å²) in [5.41, 5.74) is 1.34. The molecular weight excluding hydrogens is 278 g/mol. The van der Waals surface area contributed by atoms with Crippen molar-refractivity contribution in [3.63, 3.8) is 0 Å². The third-order valence-electron chi connectivity index (χ3n) is 4.99. The molecule has 1 aliphatic heterocycles. The number of hydrogen-bond donors (Lipinski definition) is 1. The van der Waals surface area contributed by atoms with E-state index in [1.807, 2.05) is 11.3 Å². The summed E-state index contributed by atoms with van der Waals surface area (Å²) in [6, 6.07) is 0.779. The number of aromatic nitrogens is 1. The largest absolute Gasteiger partial charge is 0.348 e. The van der Waals surface area contributed by atoms with Gasteiger partial charge in [-0.1, -0.05) is 27.2 Å². The van der Waals surface area contributed by atoms with Crippen LogP contribution in [0.3, 0.4) is 0 Å². The molecule has 2 atom stereocenters. The van der Waals surface area contributed by atoms with Crippen molar-refractivity contribution in [2.24, 2.45) is 11.8 Å². The Morgan fingerprint density at radius 3 is 2.71 bits per heavy atom. The van der Waals surface area contributed by atoms with Crippen LogP contribution in [0.2, 0.25) is 0 Å². The van der Waals surface area contributed by atoms with Crippen molar-refractivity contribution in [3.8, 4) is 0 Å². The maximum Gasteiger partial charge on any atom is 0.185 e. The van der Waals surface area contributed by atoms with Gasteiger partial charge in [-0.05, 0) is 37.5 Å².